The first-order valence-corrected chi connectivity index (χ1v) is 5.43. The van der Waals surface area contributed by atoms with Crippen LogP contribution in [-0.4, -0.2) is 26.1 Å². The van der Waals surface area contributed by atoms with E-state index in [1.54, 1.807) is 0 Å². The van der Waals surface area contributed by atoms with E-state index in [0.29, 0.717) is 20.8 Å². The van der Waals surface area contributed by atoms with Gasteiger partial charge in [-0.1, -0.05) is 40.0 Å². The zero-order chi connectivity index (χ0) is 12.6. The van der Waals surface area contributed by atoms with E-state index in [0.717, 1.165) is 0 Å². The SMILES string of the molecule is O=C(O)c1cn(-c2cc(Cl)c(Cl)cc2Cl)nn1. The van der Waals surface area contributed by atoms with Gasteiger partial charge in [-0.2, -0.15) is 0 Å². The molecule has 88 valence electrons. The van der Waals surface area contributed by atoms with Gasteiger partial charge in [0.2, 0.25) is 0 Å². The zero-order valence-corrected chi connectivity index (χ0v) is 10.3. The quantitative estimate of drug-likeness (QED) is 0.864. The summed E-state index contributed by atoms with van der Waals surface area (Å²) >= 11 is 17.6. The molecule has 0 aliphatic rings. The average molecular weight is 293 g/mol. The van der Waals surface area contributed by atoms with Crippen molar-refractivity contribution in [3.63, 3.8) is 0 Å². The Labute approximate surface area is 111 Å². The van der Waals surface area contributed by atoms with Crippen LogP contribution < -0.4 is 0 Å². The van der Waals surface area contributed by atoms with Crippen molar-refractivity contribution >= 4 is 40.8 Å². The molecule has 0 saturated heterocycles. The molecule has 5 nitrogen and oxygen atoms in total. The van der Waals surface area contributed by atoms with Crippen molar-refractivity contribution in [3.8, 4) is 5.69 Å². The van der Waals surface area contributed by atoms with Gasteiger partial charge in [-0.25, -0.2) is 9.48 Å². The highest BCUT2D eigenvalue weighted by Crippen LogP contribution is 2.30. The molecule has 1 heterocycles. The van der Waals surface area contributed by atoms with Crippen molar-refractivity contribution in [2.75, 3.05) is 0 Å². The molecule has 0 bridgehead atoms. The number of aromatic nitrogens is 3. The smallest absolute Gasteiger partial charge is 0.358 e. The van der Waals surface area contributed by atoms with Crippen LogP contribution in [0.3, 0.4) is 0 Å². The fourth-order valence-corrected chi connectivity index (χ4v) is 1.79. The van der Waals surface area contributed by atoms with Crippen LogP contribution in [0.25, 0.3) is 5.69 Å². The van der Waals surface area contributed by atoms with Gasteiger partial charge in [0.25, 0.3) is 0 Å². The number of carboxylic acid groups (broad SMARTS) is 1. The molecule has 0 saturated carbocycles. The van der Waals surface area contributed by atoms with Gasteiger partial charge in [0.15, 0.2) is 5.69 Å². The molecule has 1 N–H and O–H groups in total. The number of carboxylic acids is 1. The molecule has 0 amide bonds. The Morgan fingerprint density at radius 2 is 1.82 bits per heavy atom. The van der Waals surface area contributed by atoms with Gasteiger partial charge in [0.05, 0.1) is 27.0 Å². The molecule has 17 heavy (non-hydrogen) atoms. The highest BCUT2D eigenvalue weighted by molar-refractivity contribution is 6.43. The minimum absolute atomic E-state index is 0.188. The van der Waals surface area contributed by atoms with Crippen LogP contribution in [0.2, 0.25) is 15.1 Å². The molecule has 2 rings (SSSR count). The van der Waals surface area contributed by atoms with E-state index < -0.39 is 5.97 Å². The summed E-state index contributed by atoms with van der Waals surface area (Å²) in [6.07, 6.45) is 1.23. The van der Waals surface area contributed by atoms with Crippen molar-refractivity contribution in [1.82, 2.24) is 15.0 Å². The summed E-state index contributed by atoms with van der Waals surface area (Å²) in [7, 11) is 0. The Kier molecular flexibility index (Phi) is 3.24. The van der Waals surface area contributed by atoms with E-state index in [-0.39, 0.29) is 5.69 Å². The maximum absolute atomic E-state index is 10.7. The number of halogens is 3. The average Bonchev–Trinajstić information content (AvgIpc) is 2.72. The highest BCUT2D eigenvalue weighted by atomic mass is 35.5. The fraction of sp³-hybridized carbons (Fsp3) is 0. The summed E-state index contributed by atoms with van der Waals surface area (Å²) in [6.45, 7) is 0. The van der Waals surface area contributed by atoms with Crippen molar-refractivity contribution in [3.05, 3.63) is 39.1 Å². The molecule has 1 aromatic carbocycles. The first-order valence-electron chi connectivity index (χ1n) is 4.29. The lowest BCUT2D eigenvalue weighted by Gasteiger charge is -2.04. The van der Waals surface area contributed by atoms with E-state index in [4.69, 9.17) is 39.9 Å². The second-order valence-corrected chi connectivity index (χ2v) is 4.29. The molecular weight excluding hydrogens is 288 g/mol. The molecule has 0 aliphatic carbocycles. The third-order valence-electron chi connectivity index (χ3n) is 1.95. The van der Waals surface area contributed by atoms with Crippen LogP contribution in [-0.2, 0) is 0 Å². The van der Waals surface area contributed by atoms with E-state index in [1.165, 1.54) is 23.0 Å². The van der Waals surface area contributed by atoms with E-state index in [1.807, 2.05) is 0 Å². The normalized spacial score (nSPS) is 10.5. The summed E-state index contributed by atoms with van der Waals surface area (Å²) in [5.74, 6) is -1.17. The van der Waals surface area contributed by atoms with Gasteiger partial charge >= 0.3 is 5.97 Å². The van der Waals surface area contributed by atoms with Crippen LogP contribution in [0.15, 0.2) is 18.3 Å². The number of rotatable bonds is 2. The first kappa shape index (κ1) is 12.2. The Hall–Kier alpha value is -1.30. The maximum atomic E-state index is 10.7. The minimum atomic E-state index is -1.17. The molecule has 0 radical (unpaired) electrons. The number of nitrogens with zero attached hydrogens (tertiary/aromatic N) is 3. The second kappa shape index (κ2) is 4.52. The lowest BCUT2D eigenvalue weighted by Crippen LogP contribution is -1.97. The Bertz CT molecular complexity index is 597. The van der Waals surface area contributed by atoms with E-state index in [2.05, 4.69) is 10.3 Å². The van der Waals surface area contributed by atoms with E-state index >= 15 is 0 Å². The molecule has 0 aliphatic heterocycles. The molecule has 0 spiro atoms. The topological polar surface area (TPSA) is 68.0 Å². The molecule has 8 heteroatoms. The van der Waals surface area contributed by atoms with Crippen molar-refractivity contribution in [1.29, 1.82) is 0 Å². The molecule has 0 atom stereocenters. The molecular formula is C9H4Cl3N3O2. The van der Waals surface area contributed by atoms with Crippen LogP contribution in [0.5, 0.6) is 0 Å². The van der Waals surface area contributed by atoms with Crippen LogP contribution in [0.4, 0.5) is 0 Å². The van der Waals surface area contributed by atoms with Gasteiger partial charge < -0.3 is 5.11 Å². The number of carbonyl (C=O) groups is 1. The standard InChI is InChI=1S/C9H4Cl3N3O2/c10-4-1-6(12)8(2-5(4)11)15-3-7(9(16)17)13-14-15/h1-3H,(H,16,17). The van der Waals surface area contributed by atoms with Crippen molar-refractivity contribution < 1.29 is 9.90 Å². The van der Waals surface area contributed by atoms with Crippen LogP contribution in [0, 0.1) is 0 Å². The predicted octanol–water partition coefficient (Wildman–Crippen LogP) is 2.93. The van der Waals surface area contributed by atoms with Gasteiger partial charge in [0.1, 0.15) is 0 Å². The summed E-state index contributed by atoms with van der Waals surface area (Å²) in [4.78, 5) is 10.7. The van der Waals surface area contributed by atoms with E-state index in [9.17, 15) is 4.79 Å². The zero-order valence-electron chi connectivity index (χ0n) is 8.06. The van der Waals surface area contributed by atoms with Crippen LogP contribution in [0.1, 0.15) is 10.5 Å². The summed E-state index contributed by atoms with van der Waals surface area (Å²) < 4.78 is 1.22. The maximum Gasteiger partial charge on any atom is 0.358 e. The first-order chi connectivity index (χ1) is 7.99. The third kappa shape index (κ3) is 2.36. The van der Waals surface area contributed by atoms with Crippen molar-refractivity contribution in [2.45, 2.75) is 0 Å². The highest BCUT2D eigenvalue weighted by Gasteiger charge is 2.13. The largest absolute Gasteiger partial charge is 0.476 e. The van der Waals surface area contributed by atoms with Gasteiger partial charge in [-0.3, -0.25) is 0 Å². The minimum Gasteiger partial charge on any atom is -0.476 e. The number of hydrogen-bond donors (Lipinski definition) is 1. The van der Waals surface area contributed by atoms with Crippen molar-refractivity contribution in [2.24, 2.45) is 0 Å². The molecule has 0 unspecified atom stereocenters. The van der Waals surface area contributed by atoms with Gasteiger partial charge in [-0.15, -0.1) is 5.10 Å². The van der Waals surface area contributed by atoms with Gasteiger partial charge in [-0.05, 0) is 12.1 Å². The lowest BCUT2D eigenvalue weighted by molar-refractivity contribution is 0.0690. The molecule has 0 fully saturated rings. The Morgan fingerprint density at radius 1 is 1.18 bits per heavy atom. The molecule has 2 aromatic rings. The summed E-state index contributed by atoms with van der Waals surface area (Å²) in [6, 6.07) is 2.93. The van der Waals surface area contributed by atoms with Crippen LogP contribution >= 0.6 is 34.8 Å². The Morgan fingerprint density at radius 3 is 2.41 bits per heavy atom. The predicted molar refractivity (Wildman–Crippen MR) is 63.3 cm³/mol. The number of benzene rings is 1. The summed E-state index contributed by atoms with van der Waals surface area (Å²) in [5.41, 5.74) is 0.216. The number of hydrogen-bond acceptors (Lipinski definition) is 3. The second-order valence-electron chi connectivity index (χ2n) is 3.07. The third-order valence-corrected chi connectivity index (χ3v) is 2.97. The fourth-order valence-electron chi connectivity index (χ4n) is 1.17. The van der Waals surface area contributed by atoms with Gasteiger partial charge in [0, 0.05) is 0 Å². The lowest BCUT2D eigenvalue weighted by atomic mass is 10.3. The summed E-state index contributed by atoms with van der Waals surface area (Å²) in [5, 5.41) is 16.7. The monoisotopic (exact) mass is 291 g/mol. The molecule has 1 aromatic heterocycles. The Balaban J connectivity index is 2.52. The number of aromatic carboxylic acids is 1.